The van der Waals surface area contributed by atoms with Crippen molar-refractivity contribution in [2.75, 3.05) is 6.54 Å². The number of nitrogens with zero attached hydrogens (tertiary/aromatic N) is 4. The number of hydrogen-bond donors (Lipinski definition) is 1. The van der Waals surface area contributed by atoms with E-state index in [4.69, 9.17) is 11.6 Å². The van der Waals surface area contributed by atoms with Gasteiger partial charge >= 0.3 is 0 Å². The third-order valence-corrected chi connectivity index (χ3v) is 3.92. The van der Waals surface area contributed by atoms with Crippen molar-refractivity contribution in [2.45, 2.75) is 13.5 Å². The summed E-state index contributed by atoms with van der Waals surface area (Å²) in [4.78, 5) is 22.5. The molecule has 0 saturated carbocycles. The van der Waals surface area contributed by atoms with Crippen molar-refractivity contribution in [3.8, 4) is 0 Å². The molecule has 1 aromatic rings. The lowest BCUT2D eigenvalue weighted by atomic mass is 10.2. The van der Waals surface area contributed by atoms with Crippen LogP contribution < -0.4 is 5.43 Å². The smallest absolute Gasteiger partial charge is 0.254 e. The summed E-state index contributed by atoms with van der Waals surface area (Å²) in [6.07, 6.45) is 12.0. The summed E-state index contributed by atoms with van der Waals surface area (Å²) in [5.74, 6) is -0.0449. The Hall–Kier alpha value is -2.73. The number of halogens is 1. The fourth-order valence-electron chi connectivity index (χ4n) is 2.51. The SMILES string of the molecule is CC1=C/N\N=C/C=C\N=C\C(CN2Cc3c(ccnc3Cl)C2=O)=C/1. The highest BCUT2D eigenvalue weighted by Gasteiger charge is 2.29. The number of carbonyl (C=O) groups excluding carboxylic acids is 1. The Kier molecular flexibility index (Phi) is 4.86. The number of aromatic nitrogens is 1. The predicted molar refractivity (Wildman–Crippen MR) is 95.1 cm³/mol. The van der Waals surface area contributed by atoms with Crippen molar-refractivity contribution in [1.82, 2.24) is 15.3 Å². The number of allylic oxidation sites excluding steroid dienone is 3. The van der Waals surface area contributed by atoms with Crippen LogP contribution in [0.3, 0.4) is 0 Å². The van der Waals surface area contributed by atoms with Gasteiger partial charge in [0.2, 0.25) is 0 Å². The molecule has 0 spiro atoms. The Bertz CT molecular complexity index is 807. The first kappa shape index (κ1) is 16.1. The number of aliphatic imine (C=N–C) groups is 1. The molecule has 122 valence electrons. The molecule has 0 bridgehead atoms. The third-order valence-electron chi connectivity index (χ3n) is 3.60. The molecule has 0 aromatic carbocycles. The molecular formula is C17H16ClN5O. The normalized spacial score (nSPS) is 25.4. The van der Waals surface area contributed by atoms with Crippen molar-refractivity contribution in [1.29, 1.82) is 0 Å². The van der Waals surface area contributed by atoms with Gasteiger partial charge in [-0.3, -0.25) is 15.2 Å². The minimum atomic E-state index is -0.0449. The topological polar surface area (TPSA) is 70.0 Å². The molecule has 0 saturated heterocycles. The first-order chi connectivity index (χ1) is 11.6. The van der Waals surface area contributed by atoms with E-state index >= 15 is 0 Å². The van der Waals surface area contributed by atoms with Crippen LogP contribution in [-0.2, 0) is 6.54 Å². The van der Waals surface area contributed by atoms with E-state index in [1.54, 1.807) is 48.1 Å². The van der Waals surface area contributed by atoms with E-state index in [0.29, 0.717) is 23.8 Å². The maximum Gasteiger partial charge on any atom is 0.254 e. The molecule has 3 heterocycles. The number of pyridine rings is 1. The first-order valence-electron chi connectivity index (χ1n) is 7.42. The molecule has 0 aliphatic carbocycles. The van der Waals surface area contributed by atoms with Crippen LogP contribution in [0.5, 0.6) is 0 Å². The molecule has 24 heavy (non-hydrogen) atoms. The summed E-state index contributed by atoms with van der Waals surface area (Å²) in [6, 6.07) is 1.71. The molecule has 0 unspecified atom stereocenters. The van der Waals surface area contributed by atoms with Gasteiger partial charge in [-0.05, 0) is 30.2 Å². The molecule has 1 N–H and O–H groups in total. The third kappa shape index (κ3) is 3.60. The van der Waals surface area contributed by atoms with Crippen molar-refractivity contribution in [3.05, 3.63) is 64.2 Å². The predicted octanol–water partition coefficient (Wildman–Crippen LogP) is 2.69. The van der Waals surface area contributed by atoms with Gasteiger partial charge in [0.15, 0.2) is 0 Å². The molecule has 7 heteroatoms. The Morgan fingerprint density at radius 1 is 1.42 bits per heavy atom. The van der Waals surface area contributed by atoms with E-state index in [0.717, 1.165) is 16.7 Å². The van der Waals surface area contributed by atoms with Crippen LogP contribution in [0.1, 0.15) is 22.8 Å². The number of hydrazone groups is 1. The molecular weight excluding hydrogens is 326 g/mol. The molecule has 0 atom stereocenters. The number of hydrogen-bond acceptors (Lipinski definition) is 5. The highest BCUT2D eigenvalue weighted by molar-refractivity contribution is 6.30. The second kappa shape index (κ2) is 7.23. The highest BCUT2D eigenvalue weighted by atomic mass is 35.5. The van der Waals surface area contributed by atoms with Crippen molar-refractivity contribution < 1.29 is 4.79 Å². The highest BCUT2D eigenvalue weighted by Crippen LogP contribution is 2.27. The number of rotatable bonds is 2. The van der Waals surface area contributed by atoms with Gasteiger partial charge in [0.25, 0.3) is 5.91 Å². The molecule has 6 nitrogen and oxygen atoms in total. The standard InChI is InChI=1S/C17H16ClN5O/c1-12-7-13(9-19-4-2-5-21-22-8-12)10-23-11-15-14(17(23)24)3-6-20-16(15)18/h2-9,22H,10-11H2,1H3/b4-2-,12-8+,13-7+,19-9+,21-5-. The van der Waals surface area contributed by atoms with E-state index in [1.807, 2.05) is 13.0 Å². The number of amides is 1. The van der Waals surface area contributed by atoms with E-state index in [-0.39, 0.29) is 5.91 Å². The van der Waals surface area contributed by atoms with Crippen LogP contribution in [0, 0.1) is 0 Å². The lowest BCUT2D eigenvalue weighted by Gasteiger charge is -2.16. The summed E-state index contributed by atoms with van der Waals surface area (Å²) in [5.41, 5.74) is 6.10. The van der Waals surface area contributed by atoms with Crippen LogP contribution in [0.2, 0.25) is 5.15 Å². The average Bonchev–Trinajstić information content (AvgIpc) is 2.85. The number of nitrogens with one attached hydrogen (secondary N) is 1. The summed E-state index contributed by atoms with van der Waals surface area (Å²) < 4.78 is 0. The fourth-order valence-corrected chi connectivity index (χ4v) is 2.73. The molecule has 0 radical (unpaired) electrons. The Morgan fingerprint density at radius 3 is 3.12 bits per heavy atom. The maximum atomic E-state index is 12.5. The van der Waals surface area contributed by atoms with Gasteiger partial charge in [0, 0.05) is 48.7 Å². The van der Waals surface area contributed by atoms with Gasteiger partial charge < -0.3 is 4.90 Å². The molecule has 2 aliphatic rings. The monoisotopic (exact) mass is 341 g/mol. The minimum absolute atomic E-state index is 0.0449. The minimum Gasteiger partial charge on any atom is -0.330 e. The van der Waals surface area contributed by atoms with E-state index in [1.165, 1.54) is 0 Å². The Morgan fingerprint density at radius 2 is 2.29 bits per heavy atom. The number of carbonyl (C=O) groups is 1. The first-order valence-corrected chi connectivity index (χ1v) is 7.80. The average molecular weight is 342 g/mol. The quantitative estimate of drug-likeness (QED) is 0.841. The zero-order valence-electron chi connectivity index (χ0n) is 13.1. The molecule has 1 aromatic heterocycles. The zero-order chi connectivity index (χ0) is 16.9. The van der Waals surface area contributed by atoms with Crippen LogP contribution in [0.4, 0.5) is 0 Å². The largest absolute Gasteiger partial charge is 0.330 e. The van der Waals surface area contributed by atoms with Crippen molar-refractivity contribution in [2.24, 2.45) is 10.1 Å². The van der Waals surface area contributed by atoms with Crippen LogP contribution in [0.25, 0.3) is 0 Å². The Balaban J connectivity index is 1.83. The second-order valence-corrected chi connectivity index (χ2v) is 5.78. The second-order valence-electron chi connectivity index (χ2n) is 5.42. The Labute approximate surface area is 144 Å². The lowest BCUT2D eigenvalue weighted by Crippen LogP contribution is -2.26. The van der Waals surface area contributed by atoms with Crippen molar-refractivity contribution in [3.63, 3.8) is 0 Å². The lowest BCUT2D eigenvalue weighted by molar-refractivity contribution is 0.0794. The van der Waals surface area contributed by atoms with Crippen molar-refractivity contribution >= 4 is 29.9 Å². The van der Waals surface area contributed by atoms with Crippen LogP contribution in [0.15, 0.2) is 58.1 Å². The maximum absolute atomic E-state index is 12.5. The van der Waals surface area contributed by atoms with Crippen LogP contribution >= 0.6 is 11.6 Å². The van der Waals surface area contributed by atoms with Gasteiger partial charge in [0.1, 0.15) is 5.15 Å². The fraction of sp³-hybridized carbons (Fsp3) is 0.176. The van der Waals surface area contributed by atoms with Crippen LogP contribution in [-0.4, -0.2) is 34.8 Å². The molecule has 1 amide bonds. The van der Waals surface area contributed by atoms with Gasteiger partial charge in [-0.1, -0.05) is 17.7 Å². The molecule has 2 aliphatic heterocycles. The van der Waals surface area contributed by atoms with Gasteiger partial charge in [-0.15, -0.1) is 0 Å². The van der Waals surface area contributed by atoms with E-state index in [2.05, 4.69) is 20.5 Å². The molecule has 0 fully saturated rings. The van der Waals surface area contributed by atoms with Gasteiger partial charge in [-0.25, -0.2) is 4.98 Å². The summed E-state index contributed by atoms with van der Waals surface area (Å²) in [7, 11) is 0. The number of fused-ring (bicyclic) bond motifs is 1. The summed E-state index contributed by atoms with van der Waals surface area (Å²) in [5, 5.41) is 4.36. The summed E-state index contributed by atoms with van der Waals surface area (Å²) >= 11 is 6.10. The zero-order valence-corrected chi connectivity index (χ0v) is 13.9. The molecule has 3 rings (SSSR count). The summed E-state index contributed by atoms with van der Waals surface area (Å²) in [6.45, 7) is 2.84. The van der Waals surface area contributed by atoms with E-state index in [9.17, 15) is 4.79 Å². The van der Waals surface area contributed by atoms with Gasteiger partial charge in [0.05, 0.1) is 6.54 Å². The van der Waals surface area contributed by atoms with Gasteiger partial charge in [-0.2, -0.15) is 5.10 Å². The van der Waals surface area contributed by atoms with E-state index < -0.39 is 0 Å².